The number of likely N-dealkylation sites (tertiary alicyclic amines) is 1. The van der Waals surface area contributed by atoms with Crippen molar-refractivity contribution in [2.24, 2.45) is 5.73 Å². The van der Waals surface area contributed by atoms with Crippen LogP contribution < -0.4 is 11.1 Å². The van der Waals surface area contributed by atoms with Gasteiger partial charge in [0, 0.05) is 35.9 Å². The Balaban J connectivity index is 1.68. The van der Waals surface area contributed by atoms with E-state index < -0.39 is 12.0 Å². The normalized spacial score (nSPS) is 16.8. The predicted octanol–water partition coefficient (Wildman–Crippen LogP) is 1.38. The summed E-state index contributed by atoms with van der Waals surface area (Å²) in [4.78, 5) is 26.5. The van der Waals surface area contributed by atoms with Crippen LogP contribution in [0.5, 0.6) is 0 Å². The third-order valence-corrected chi connectivity index (χ3v) is 6.29. The minimum absolute atomic E-state index is 0.0532. The van der Waals surface area contributed by atoms with Crippen LogP contribution >= 0.6 is 0 Å². The first-order valence-corrected chi connectivity index (χ1v) is 11.7. The zero-order valence-electron chi connectivity index (χ0n) is 19.5. The van der Waals surface area contributed by atoms with E-state index in [9.17, 15) is 14.7 Å². The molecule has 0 spiro atoms. The average Bonchev–Trinajstić information content (AvgIpc) is 3.41. The number of carbonyl (C=O) groups is 2. The predicted molar refractivity (Wildman–Crippen MR) is 127 cm³/mol. The van der Waals surface area contributed by atoms with E-state index in [1.54, 1.807) is 6.92 Å². The lowest BCUT2D eigenvalue weighted by Gasteiger charge is -2.28. The number of fused-ring (bicyclic) bond motifs is 1. The van der Waals surface area contributed by atoms with Gasteiger partial charge in [0.25, 0.3) is 0 Å². The first kappa shape index (κ1) is 24.7. The lowest BCUT2D eigenvalue weighted by Crippen LogP contribution is -2.51. The molecular weight excluding hydrogens is 422 g/mol. The van der Waals surface area contributed by atoms with E-state index in [1.807, 2.05) is 23.1 Å². The maximum atomic E-state index is 13.0. The molecule has 1 aliphatic heterocycles. The minimum Gasteiger partial charge on any atom is -0.465 e. The second-order valence-electron chi connectivity index (χ2n) is 8.35. The van der Waals surface area contributed by atoms with Crippen molar-refractivity contribution >= 4 is 28.6 Å². The number of hydrogen-bond donors (Lipinski definition) is 4. The molecule has 0 saturated carbocycles. The average molecular weight is 458 g/mol. The number of nitrogens with zero attached hydrogens (tertiary/aromatic N) is 2. The molecule has 33 heavy (non-hydrogen) atoms. The molecule has 9 heteroatoms. The number of ether oxygens (including phenoxy) is 1. The van der Waals surface area contributed by atoms with Gasteiger partial charge in [0.05, 0.1) is 19.8 Å². The highest BCUT2D eigenvalue weighted by molar-refractivity contribution is 5.98. The molecule has 0 radical (unpaired) electrons. The Morgan fingerprint density at radius 2 is 2.12 bits per heavy atom. The van der Waals surface area contributed by atoms with Gasteiger partial charge in [-0.1, -0.05) is 12.1 Å². The van der Waals surface area contributed by atoms with Crippen LogP contribution in [0.3, 0.4) is 0 Å². The SMILES string of the molecule is CCOC(=O)CN[C@H](CO)C(=O)N1CCC[C@H]1CCc1cc2ccc(C(=N)N)cc2n1CC. The molecule has 0 bridgehead atoms. The highest BCUT2D eigenvalue weighted by Crippen LogP contribution is 2.26. The molecule has 1 aliphatic rings. The number of aryl methyl sites for hydroxylation is 2. The fourth-order valence-corrected chi connectivity index (χ4v) is 4.65. The molecule has 2 heterocycles. The quantitative estimate of drug-likeness (QED) is 0.229. The zero-order chi connectivity index (χ0) is 24.0. The van der Waals surface area contributed by atoms with Crippen molar-refractivity contribution in [3.63, 3.8) is 0 Å². The summed E-state index contributed by atoms with van der Waals surface area (Å²) in [7, 11) is 0. The number of carbonyl (C=O) groups excluding carboxylic acids is 2. The molecule has 1 saturated heterocycles. The summed E-state index contributed by atoms with van der Waals surface area (Å²) in [6, 6.07) is 7.26. The topological polar surface area (TPSA) is 134 Å². The molecular formula is C24H35N5O4. The molecule has 1 fully saturated rings. The molecule has 2 atom stereocenters. The third kappa shape index (κ3) is 5.72. The number of nitrogens with two attached hydrogens (primary N) is 1. The number of aliphatic hydroxyl groups is 1. The second kappa shape index (κ2) is 11.3. The van der Waals surface area contributed by atoms with Gasteiger partial charge in [0.2, 0.25) is 5.91 Å². The fourth-order valence-electron chi connectivity index (χ4n) is 4.65. The van der Waals surface area contributed by atoms with Crippen molar-refractivity contribution in [3.8, 4) is 0 Å². The van der Waals surface area contributed by atoms with Gasteiger partial charge in [0.1, 0.15) is 11.9 Å². The Bertz CT molecular complexity index is 1000. The van der Waals surface area contributed by atoms with E-state index in [0.717, 1.165) is 43.1 Å². The summed E-state index contributed by atoms with van der Waals surface area (Å²) in [6.07, 6.45) is 3.47. The number of hydrogen-bond acceptors (Lipinski definition) is 6. The van der Waals surface area contributed by atoms with Gasteiger partial charge >= 0.3 is 5.97 Å². The highest BCUT2D eigenvalue weighted by atomic mass is 16.5. The minimum atomic E-state index is -0.818. The number of nitrogens with one attached hydrogen (secondary N) is 2. The number of aromatic nitrogens is 1. The summed E-state index contributed by atoms with van der Waals surface area (Å²) < 4.78 is 7.13. The van der Waals surface area contributed by atoms with Gasteiger partial charge < -0.3 is 25.0 Å². The number of nitrogen functional groups attached to an aromatic ring is 1. The first-order valence-electron chi connectivity index (χ1n) is 11.7. The van der Waals surface area contributed by atoms with Crippen LogP contribution in [0.2, 0.25) is 0 Å². The van der Waals surface area contributed by atoms with Crippen LogP contribution in [-0.4, -0.2) is 70.7 Å². The maximum absolute atomic E-state index is 13.0. The second-order valence-corrected chi connectivity index (χ2v) is 8.35. The standard InChI is InChI=1S/C24H35N5O4/c1-3-28-19(12-16-7-8-17(23(25)26)13-21(16)28)10-9-18-6-5-11-29(18)24(32)20(15-30)27-14-22(31)33-4-2/h7-8,12-13,18,20,27,30H,3-6,9-11,14-15H2,1-2H3,(H3,25,26)/t18-,20+/m0/s1. The molecule has 0 unspecified atom stereocenters. The summed E-state index contributed by atoms with van der Waals surface area (Å²) in [5, 5.41) is 21.4. The van der Waals surface area contributed by atoms with Crippen molar-refractivity contribution in [3.05, 3.63) is 35.5 Å². The molecule has 5 N–H and O–H groups in total. The largest absolute Gasteiger partial charge is 0.465 e. The first-order chi connectivity index (χ1) is 15.9. The van der Waals surface area contributed by atoms with Crippen molar-refractivity contribution in [2.45, 2.75) is 58.2 Å². The number of amidine groups is 1. The number of amides is 1. The van der Waals surface area contributed by atoms with Gasteiger partial charge in [-0.3, -0.25) is 20.3 Å². The van der Waals surface area contributed by atoms with E-state index in [4.69, 9.17) is 15.9 Å². The summed E-state index contributed by atoms with van der Waals surface area (Å²) >= 11 is 0. The van der Waals surface area contributed by atoms with Crippen molar-refractivity contribution < 1.29 is 19.4 Å². The Kier molecular flexibility index (Phi) is 8.46. The van der Waals surface area contributed by atoms with Crippen LogP contribution in [-0.2, 0) is 27.3 Å². The lowest BCUT2D eigenvalue weighted by atomic mass is 10.1. The number of aliphatic hydroxyl groups excluding tert-OH is 1. The Labute approximate surface area is 194 Å². The van der Waals surface area contributed by atoms with E-state index in [0.29, 0.717) is 12.1 Å². The molecule has 1 amide bonds. The molecule has 1 aromatic heterocycles. The van der Waals surface area contributed by atoms with E-state index in [-0.39, 0.29) is 37.5 Å². The Hall–Kier alpha value is -2.91. The maximum Gasteiger partial charge on any atom is 0.319 e. The third-order valence-electron chi connectivity index (χ3n) is 6.29. The summed E-state index contributed by atoms with van der Waals surface area (Å²) in [5.74, 6) is -0.564. The molecule has 0 aliphatic carbocycles. The van der Waals surface area contributed by atoms with Crippen LogP contribution in [0.4, 0.5) is 0 Å². The van der Waals surface area contributed by atoms with Gasteiger partial charge in [0.15, 0.2) is 0 Å². The molecule has 2 aromatic rings. The summed E-state index contributed by atoms with van der Waals surface area (Å²) in [5.41, 5.74) is 8.62. The van der Waals surface area contributed by atoms with Gasteiger partial charge in [-0.05, 0) is 57.0 Å². The zero-order valence-corrected chi connectivity index (χ0v) is 19.5. The van der Waals surface area contributed by atoms with Crippen LogP contribution in [0.25, 0.3) is 10.9 Å². The monoisotopic (exact) mass is 457 g/mol. The van der Waals surface area contributed by atoms with Gasteiger partial charge in [-0.15, -0.1) is 0 Å². The van der Waals surface area contributed by atoms with E-state index in [2.05, 4.69) is 22.9 Å². The van der Waals surface area contributed by atoms with E-state index in [1.165, 1.54) is 5.69 Å². The summed E-state index contributed by atoms with van der Waals surface area (Å²) in [6.45, 7) is 5.07. The van der Waals surface area contributed by atoms with Crippen LogP contribution in [0.15, 0.2) is 24.3 Å². The number of esters is 1. The molecule has 3 rings (SSSR count). The molecule has 180 valence electrons. The fraction of sp³-hybridized carbons (Fsp3) is 0.542. The van der Waals surface area contributed by atoms with E-state index >= 15 is 0 Å². The van der Waals surface area contributed by atoms with Crippen LogP contribution in [0, 0.1) is 5.41 Å². The van der Waals surface area contributed by atoms with Crippen molar-refractivity contribution in [1.29, 1.82) is 5.41 Å². The van der Waals surface area contributed by atoms with Crippen LogP contribution in [0.1, 0.15) is 44.4 Å². The van der Waals surface area contributed by atoms with Crippen molar-refractivity contribution in [2.75, 3.05) is 26.3 Å². The Morgan fingerprint density at radius 3 is 2.79 bits per heavy atom. The highest BCUT2D eigenvalue weighted by Gasteiger charge is 2.33. The number of benzene rings is 1. The molecule has 1 aromatic carbocycles. The Morgan fingerprint density at radius 1 is 1.33 bits per heavy atom. The van der Waals surface area contributed by atoms with Crippen molar-refractivity contribution in [1.82, 2.24) is 14.8 Å². The molecule has 9 nitrogen and oxygen atoms in total. The van der Waals surface area contributed by atoms with Gasteiger partial charge in [-0.25, -0.2) is 0 Å². The number of rotatable bonds is 11. The lowest BCUT2D eigenvalue weighted by molar-refractivity contribution is -0.142. The smallest absolute Gasteiger partial charge is 0.319 e. The van der Waals surface area contributed by atoms with Gasteiger partial charge in [-0.2, -0.15) is 0 Å².